The molecular formula is C16H19NO3. The Morgan fingerprint density at radius 2 is 2.15 bits per heavy atom. The van der Waals surface area contributed by atoms with Crippen LogP contribution in [0.4, 0.5) is 5.69 Å². The Labute approximate surface area is 119 Å². The molecule has 0 aromatic heterocycles. The van der Waals surface area contributed by atoms with Crippen LogP contribution in [0.3, 0.4) is 0 Å². The van der Waals surface area contributed by atoms with Crippen LogP contribution in [0.15, 0.2) is 24.3 Å². The van der Waals surface area contributed by atoms with E-state index in [0.717, 1.165) is 24.1 Å². The summed E-state index contributed by atoms with van der Waals surface area (Å²) < 4.78 is 5.53. The first-order valence-electron chi connectivity index (χ1n) is 6.85. The highest BCUT2D eigenvalue weighted by Crippen LogP contribution is 2.20. The largest absolute Gasteiger partial charge is 0.395 e. The van der Waals surface area contributed by atoms with Gasteiger partial charge in [0.15, 0.2) is 0 Å². The van der Waals surface area contributed by atoms with Gasteiger partial charge in [-0.1, -0.05) is 11.8 Å². The second-order valence-corrected chi connectivity index (χ2v) is 4.85. The van der Waals surface area contributed by atoms with Gasteiger partial charge in [0, 0.05) is 17.7 Å². The molecule has 0 radical (unpaired) electrons. The normalized spacial score (nSPS) is 21.1. The molecular weight excluding hydrogens is 254 g/mol. The molecule has 0 aliphatic carbocycles. The zero-order chi connectivity index (χ0) is 14.4. The Morgan fingerprint density at radius 1 is 1.40 bits per heavy atom. The lowest BCUT2D eigenvalue weighted by Crippen LogP contribution is -2.27. The molecule has 1 fully saturated rings. The minimum absolute atomic E-state index is 0.0704. The average Bonchev–Trinajstić information content (AvgIpc) is 2.88. The van der Waals surface area contributed by atoms with Crippen molar-refractivity contribution in [2.45, 2.75) is 38.4 Å². The molecule has 1 aliphatic heterocycles. The maximum Gasteiger partial charge on any atom is 0.253 e. The van der Waals surface area contributed by atoms with Gasteiger partial charge in [-0.2, -0.15) is 0 Å². The van der Waals surface area contributed by atoms with E-state index in [0.29, 0.717) is 6.42 Å². The van der Waals surface area contributed by atoms with Gasteiger partial charge in [0.1, 0.15) is 6.10 Å². The minimum Gasteiger partial charge on any atom is -0.395 e. The molecule has 20 heavy (non-hydrogen) atoms. The van der Waals surface area contributed by atoms with E-state index in [1.165, 1.54) is 0 Å². The number of nitrogens with one attached hydrogen (secondary N) is 1. The van der Waals surface area contributed by atoms with Crippen LogP contribution in [-0.4, -0.2) is 29.8 Å². The van der Waals surface area contributed by atoms with Crippen LogP contribution in [-0.2, 0) is 9.53 Å². The van der Waals surface area contributed by atoms with Gasteiger partial charge in [-0.15, -0.1) is 0 Å². The molecule has 4 heteroatoms. The van der Waals surface area contributed by atoms with Crippen LogP contribution in [0.5, 0.6) is 0 Å². The molecule has 1 aromatic carbocycles. The Morgan fingerprint density at radius 3 is 2.75 bits per heavy atom. The van der Waals surface area contributed by atoms with Gasteiger partial charge >= 0.3 is 0 Å². The summed E-state index contributed by atoms with van der Waals surface area (Å²) in [4.78, 5) is 12.0. The zero-order valence-electron chi connectivity index (χ0n) is 11.6. The number of rotatable bonds is 3. The highest BCUT2D eigenvalue weighted by Gasteiger charge is 2.27. The number of aliphatic hydroxyl groups excluding tert-OH is 1. The molecule has 4 nitrogen and oxygen atoms in total. The Kier molecular flexibility index (Phi) is 5.16. The molecule has 0 saturated carbocycles. The summed E-state index contributed by atoms with van der Waals surface area (Å²) in [6.07, 6.45) is 1.99. The summed E-state index contributed by atoms with van der Waals surface area (Å²) in [5.74, 6) is 5.70. The first-order valence-corrected chi connectivity index (χ1v) is 6.85. The maximum atomic E-state index is 12.0. The van der Waals surface area contributed by atoms with Crippen LogP contribution >= 0.6 is 0 Å². The number of amides is 1. The predicted molar refractivity (Wildman–Crippen MR) is 77.2 cm³/mol. The fourth-order valence-corrected chi connectivity index (χ4v) is 2.08. The van der Waals surface area contributed by atoms with E-state index in [1.54, 1.807) is 0 Å². The molecule has 2 unspecified atom stereocenters. The number of ether oxygens (including phenoxy) is 1. The van der Waals surface area contributed by atoms with Gasteiger partial charge in [-0.05, 0) is 44.0 Å². The standard InChI is InChI=1S/C16H19NO3/c1-12-5-10-15(20-12)16(19)17-14-8-6-13(7-9-14)4-2-3-11-18/h6-9,12,15,18H,3,5,10-11H2,1H3,(H,17,19). The van der Waals surface area contributed by atoms with Crippen molar-refractivity contribution >= 4 is 11.6 Å². The van der Waals surface area contributed by atoms with Gasteiger partial charge in [0.2, 0.25) is 0 Å². The summed E-state index contributed by atoms with van der Waals surface area (Å²) >= 11 is 0. The quantitative estimate of drug-likeness (QED) is 0.827. The first kappa shape index (κ1) is 14.6. The summed E-state index contributed by atoms with van der Waals surface area (Å²) in [6.45, 7) is 2.05. The van der Waals surface area contributed by atoms with E-state index in [9.17, 15) is 4.79 Å². The van der Waals surface area contributed by atoms with Gasteiger partial charge in [-0.3, -0.25) is 4.79 Å². The maximum absolute atomic E-state index is 12.0. The van der Waals surface area contributed by atoms with E-state index >= 15 is 0 Å². The minimum atomic E-state index is -0.339. The third-order valence-corrected chi connectivity index (χ3v) is 3.15. The average molecular weight is 273 g/mol. The Hall–Kier alpha value is -1.83. The van der Waals surface area contributed by atoms with E-state index in [1.807, 2.05) is 31.2 Å². The van der Waals surface area contributed by atoms with Crippen molar-refractivity contribution in [3.8, 4) is 11.8 Å². The molecule has 2 atom stereocenters. The molecule has 1 saturated heterocycles. The Balaban J connectivity index is 1.90. The summed E-state index contributed by atoms with van der Waals surface area (Å²) in [5.41, 5.74) is 1.60. The highest BCUT2D eigenvalue weighted by molar-refractivity contribution is 5.94. The molecule has 1 heterocycles. The lowest BCUT2D eigenvalue weighted by molar-refractivity contribution is -0.126. The molecule has 2 N–H and O–H groups in total. The van der Waals surface area contributed by atoms with E-state index in [2.05, 4.69) is 17.2 Å². The van der Waals surface area contributed by atoms with Crippen molar-refractivity contribution < 1.29 is 14.6 Å². The molecule has 0 spiro atoms. The van der Waals surface area contributed by atoms with Crippen LogP contribution in [0.1, 0.15) is 31.7 Å². The van der Waals surface area contributed by atoms with E-state index < -0.39 is 0 Å². The van der Waals surface area contributed by atoms with Crippen molar-refractivity contribution in [1.82, 2.24) is 0 Å². The third-order valence-electron chi connectivity index (χ3n) is 3.15. The van der Waals surface area contributed by atoms with Crippen molar-refractivity contribution in [3.05, 3.63) is 29.8 Å². The second-order valence-electron chi connectivity index (χ2n) is 4.85. The first-order chi connectivity index (χ1) is 9.69. The van der Waals surface area contributed by atoms with Crippen LogP contribution < -0.4 is 5.32 Å². The van der Waals surface area contributed by atoms with Crippen LogP contribution in [0, 0.1) is 11.8 Å². The summed E-state index contributed by atoms with van der Waals surface area (Å²) in [5, 5.41) is 11.5. The van der Waals surface area contributed by atoms with Crippen molar-refractivity contribution in [1.29, 1.82) is 0 Å². The van der Waals surface area contributed by atoms with E-state index in [4.69, 9.17) is 9.84 Å². The molecule has 1 aromatic rings. The van der Waals surface area contributed by atoms with Crippen molar-refractivity contribution in [3.63, 3.8) is 0 Å². The van der Waals surface area contributed by atoms with Gasteiger partial charge in [-0.25, -0.2) is 0 Å². The van der Waals surface area contributed by atoms with Gasteiger partial charge < -0.3 is 15.2 Å². The monoisotopic (exact) mass is 273 g/mol. The topological polar surface area (TPSA) is 58.6 Å². The molecule has 2 rings (SSSR count). The van der Waals surface area contributed by atoms with Gasteiger partial charge in [0.25, 0.3) is 5.91 Å². The number of anilines is 1. The number of hydrogen-bond donors (Lipinski definition) is 2. The number of carbonyl (C=O) groups is 1. The smallest absolute Gasteiger partial charge is 0.253 e. The lowest BCUT2D eigenvalue weighted by atomic mass is 10.2. The predicted octanol–water partition coefficient (Wildman–Crippen LogP) is 1.93. The third kappa shape index (κ3) is 4.09. The van der Waals surface area contributed by atoms with Crippen LogP contribution in [0.25, 0.3) is 0 Å². The molecule has 106 valence electrons. The summed E-state index contributed by atoms with van der Waals surface area (Å²) in [6, 6.07) is 7.33. The SMILES string of the molecule is CC1CCC(C(=O)Nc2ccc(C#CCCO)cc2)O1. The van der Waals surface area contributed by atoms with Crippen LogP contribution in [0.2, 0.25) is 0 Å². The van der Waals surface area contributed by atoms with Crippen molar-refractivity contribution in [2.75, 3.05) is 11.9 Å². The molecule has 1 amide bonds. The lowest BCUT2D eigenvalue weighted by Gasteiger charge is -2.11. The number of carbonyl (C=O) groups excluding carboxylic acids is 1. The fourth-order valence-electron chi connectivity index (χ4n) is 2.08. The second kappa shape index (κ2) is 7.09. The van der Waals surface area contributed by atoms with E-state index in [-0.39, 0.29) is 24.7 Å². The highest BCUT2D eigenvalue weighted by atomic mass is 16.5. The number of hydrogen-bond acceptors (Lipinski definition) is 3. The number of benzene rings is 1. The Bertz CT molecular complexity index is 513. The molecule has 0 bridgehead atoms. The number of aliphatic hydroxyl groups is 1. The summed E-state index contributed by atoms with van der Waals surface area (Å²) in [7, 11) is 0. The van der Waals surface area contributed by atoms with Gasteiger partial charge in [0.05, 0.1) is 12.7 Å². The zero-order valence-corrected chi connectivity index (χ0v) is 11.6. The molecule has 1 aliphatic rings. The fraction of sp³-hybridized carbons (Fsp3) is 0.438. The van der Waals surface area contributed by atoms with Crippen molar-refractivity contribution in [2.24, 2.45) is 0 Å².